The Morgan fingerprint density at radius 1 is 1.45 bits per heavy atom. The third-order valence-corrected chi connectivity index (χ3v) is 4.07. The van der Waals surface area contributed by atoms with Crippen molar-refractivity contribution in [3.05, 3.63) is 50.4 Å². The number of hydrogen-bond donors (Lipinski definition) is 2. The third-order valence-electron chi connectivity index (χ3n) is 2.55. The maximum Gasteiger partial charge on any atom is 0.355 e. The second-order valence-electron chi connectivity index (χ2n) is 4.08. The molecule has 0 radical (unpaired) electrons. The van der Waals surface area contributed by atoms with Crippen molar-refractivity contribution in [2.24, 2.45) is 0 Å². The molecule has 1 amide bonds. The van der Waals surface area contributed by atoms with Crippen LogP contribution in [0.1, 0.15) is 38.8 Å². The van der Waals surface area contributed by atoms with Gasteiger partial charge in [0.2, 0.25) is 0 Å². The molecule has 0 saturated heterocycles. The van der Waals surface area contributed by atoms with Crippen LogP contribution in [0, 0.1) is 0 Å². The Morgan fingerprint density at radius 3 is 2.80 bits per heavy atom. The number of carboxylic acids is 1. The van der Waals surface area contributed by atoms with Crippen LogP contribution < -0.4 is 5.32 Å². The molecule has 1 aromatic carbocycles. The van der Waals surface area contributed by atoms with Crippen LogP contribution in [0.5, 0.6) is 0 Å². The Kier molecular flexibility index (Phi) is 4.51. The number of halogens is 1. The second kappa shape index (κ2) is 6.15. The highest BCUT2D eigenvalue weighted by atomic mass is 79.9. The van der Waals surface area contributed by atoms with Crippen LogP contribution in [0.4, 0.5) is 0 Å². The molecule has 0 spiro atoms. The SMILES string of the molecule is CC(NC(=O)c1cccc(Br)c1)c1nc(C(=O)O)cs1. The average Bonchev–Trinajstić information content (AvgIpc) is 2.88. The molecule has 0 saturated carbocycles. The fourth-order valence-corrected chi connectivity index (χ4v) is 2.76. The van der Waals surface area contributed by atoms with E-state index < -0.39 is 5.97 Å². The summed E-state index contributed by atoms with van der Waals surface area (Å²) in [5.41, 5.74) is 0.523. The number of nitrogens with one attached hydrogen (secondary N) is 1. The minimum atomic E-state index is -1.07. The summed E-state index contributed by atoms with van der Waals surface area (Å²) in [5.74, 6) is -1.30. The van der Waals surface area contributed by atoms with Crippen LogP contribution in [0.15, 0.2) is 34.1 Å². The van der Waals surface area contributed by atoms with Gasteiger partial charge in [-0.2, -0.15) is 0 Å². The third kappa shape index (κ3) is 3.43. The molecule has 20 heavy (non-hydrogen) atoms. The van der Waals surface area contributed by atoms with Gasteiger partial charge in [-0.05, 0) is 25.1 Å². The molecule has 1 aromatic heterocycles. The van der Waals surface area contributed by atoms with Crippen molar-refractivity contribution < 1.29 is 14.7 Å². The molecule has 1 unspecified atom stereocenters. The lowest BCUT2D eigenvalue weighted by Gasteiger charge is -2.11. The van der Waals surface area contributed by atoms with Crippen molar-refractivity contribution in [1.29, 1.82) is 0 Å². The highest BCUT2D eigenvalue weighted by Gasteiger charge is 2.16. The Bertz CT molecular complexity index is 657. The standard InChI is InChI=1S/C13H11BrN2O3S/c1-7(12-16-10(6-20-12)13(18)19)15-11(17)8-3-2-4-9(14)5-8/h2-7H,1H3,(H,15,17)(H,18,19). The van der Waals surface area contributed by atoms with Crippen LogP contribution in [0.2, 0.25) is 0 Å². The minimum absolute atomic E-state index is 0.00597. The molecule has 2 N–H and O–H groups in total. The van der Waals surface area contributed by atoms with Crippen molar-refractivity contribution in [2.75, 3.05) is 0 Å². The lowest BCUT2D eigenvalue weighted by atomic mass is 10.2. The number of aromatic carboxylic acids is 1. The second-order valence-corrected chi connectivity index (χ2v) is 5.89. The van der Waals surface area contributed by atoms with Crippen LogP contribution >= 0.6 is 27.3 Å². The first-order valence-corrected chi connectivity index (χ1v) is 7.40. The molecular weight excluding hydrogens is 344 g/mol. The van der Waals surface area contributed by atoms with Crippen LogP contribution in [-0.2, 0) is 0 Å². The highest BCUT2D eigenvalue weighted by molar-refractivity contribution is 9.10. The molecule has 0 fully saturated rings. The first-order chi connectivity index (χ1) is 9.47. The molecule has 0 aliphatic carbocycles. The number of amides is 1. The van der Waals surface area contributed by atoms with E-state index in [9.17, 15) is 9.59 Å². The van der Waals surface area contributed by atoms with E-state index >= 15 is 0 Å². The molecule has 7 heteroatoms. The topological polar surface area (TPSA) is 79.3 Å². The summed E-state index contributed by atoms with van der Waals surface area (Å²) in [4.78, 5) is 26.8. The number of rotatable bonds is 4. The summed E-state index contributed by atoms with van der Waals surface area (Å²) in [5, 5.41) is 13.6. The maximum absolute atomic E-state index is 12.0. The first kappa shape index (κ1) is 14.7. The van der Waals surface area contributed by atoms with Crippen LogP contribution in [-0.4, -0.2) is 22.0 Å². The zero-order valence-electron chi connectivity index (χ0n) is 10.5. The predicted molar refractivity (Wildman–Crippen MR) is 79.1 cm³/mol. The van der Waals surface area contributed by atoms with Crippen molar-refractivity contribution in [3.63, 3.8) is 0 Å². The van der Waals surface area contributed by atoms with Gasteiger partial charge in [-0.15, -0.1) is 11.3 Å². The zero-order valence-corrected chi connectivity index (χ0v) is 12.9. The number of carbonyl (C=O) groups is 2. The van der Waals surface area contributed by atoms with Gasteiger partial charge in [-0.1, -0.05) is 22.0 Å². The molecule has 0 aliphatic heterocycles. The summed E-state index contributed by atoms with van der Waals surface area (Å²) in [6.07, 6.45) is 0. The fraction of sp³-hybridized carbons (Fsp3) is 0.154. The van der Waals surface area contributed by atoms with E-state index in [0.29, 0.717) is 10.6 Å². The van der Waals surface area contributed by atoms with Gasteiger partial charge < -0.3 is 10.4 Å². The summed E-state index contributed by atoms with van der Waals surface area (Å²) < 4.78 is 0.820. The summed E-state index contributed by atoms with van der Waals surface area (Å²) in [6, 6.07) is 6.68. The van der Waals surface area contributed by atoms with E-state index in [1.165, 1.54) is 16.7 Å². The van der Waals surface area contributed by atoms with E-state index in [4.69, 9.17) is 5.11 Å². The first-order valence-electron chi connectivity index (χ1n) is 5.72. The van der Waals surface area contributed by atoms with Crippen molar-refractivity contribution in [3.8, 4) is 0 Å². The molecule has 2 aromatic rings. The van der Waals surface area contributed by atoms with Crippen molar-refractivity contribution >= 4 is 39.1 Å². The van der Waals surface area contributed by atoms with Gasteiger partial charge in [0.1, 0.15) is 5.01 Å². The highest BCUT2D eigenvalue weighted by Crippen LogP contribution is 2.19. The van der Waals surface area contributed by atoms with Gasteiger partial charge >= 0.3 is 5.97 Å². The van der Waals surface area contributed by atoms with Gasteiger partial charge in [-0.25, -0.2) is 9.78 Å². The van der Waals surface area contributed by atoms with E-state index in [1.54, 1.807) is 25.1 Å². The summed E-state index contributed by atoms with van der Waals surface area (Å²) >= 11 is 4.52. The van der Waals surface area contributed by atoms with E-state index in [2.05, 4.69) is 26.2 Å². The Morgan fingerprint density at radius 2 is 2.20 bits per heavy atom. The number of nitrogens with zero attached hydrogens (tertiary/aromatic N) is 1. The number of carbonyl (C=O) groups excluding carboxylic acids is 1. The van der Waals surface area contributed by atoms with E-state index in [-0.39, 0.29) is 17.6 Å². The number of thiazole rings is 1. The smallest absolute Gasteiger partial charge is 0.355 e. The maximum atomic E-state index is 12.0. The average molecular weight is 355 g/mol. The largest absolute Gasteiger partial charge is 0.476 e. The molecule has 0 aliphatic rings. The molecule has 5 nitrogen and oxygen atoms in total. The number of carboxylic acid groups (broad SMARTS) is 1. The normalized spacial score (nSPS) is 11.9. The number of benzene rings is 1. The lowest BCUT2D eigenvalue weighted by Crippen LogP contribution is -2.26. The lowest BCUT2D eigenvalue weighted by molar-refractivity contribution is 0.0691. The van der Waals surface area contributed by atoms with Crippen LogP contribution in [0.25, 0.3) is 0 Å². The minimum Gasteiger partial charge on any atom is -0.476 e. The number of hydrogen-bond acceptors (Lipinski definition) is 4. The monoisotopic (exact) mass is 354 g/mol. The fourth-order valence-electron chi connectivity index (χ4n) is 1.56. The van der Waals surface area contributed by atoms with Gasteiger partial charge in [0.15, 0.2) is 5.69 Å². The zero-order chi connectivity index (χ0) is 14.7. The van der Waals surface area contributed by atoms with Crippen LogP contribution in [0.3, 0.4) is 0 Å². The molecule has 1 heterocycles. The molecule has 0 bridgehead atoms. The van der Waals surface area contributed by atoms with Gasteiger partial charge in [-0.3, -0.25) is 4.79 Å². The quantitative estimate of drug-likeness (QED) is 0.883. The van der Waals surface area contributed by atoms with Gasteiger partial charge in [0, 0.05) is 15.4 Å². The van der Waals surface area contributed by atoms with Gasteiger partial charge in [0.05, 0.1) is 6.04 Å². The summed E-state index contributed by atoms with van der Waals surface area (Å²) in [6.45, 7) is 1.76. The molecule has 104 valence electrons. The molecular formula is C13H11BrN2O3S. The summed E-state index contributed by atoms with van der Waals surface area (Å²) in [7, 11) is 0. The number of aromatic nitrogens is 1. The van der Waals surface area contributed by atoms with E-state index in [1.807, 2.05) is 6.07 Å². The van der Waals surface area contributed by atoms with E-state index in [0.717, 1.165) is 4.47 Å². The Labute approximate surface area is 127 Å². The van der Waals surface area contributed by atoms with Crippen molar-refractivity contribution in [1.82, 2.24) is 10.3 Å². The predicted octanol–water partition coefficient (Wildman–Crippen LogP) is 3.09. The van der Waals surface area contributed by atoms with Gasteiger partial charge in [0.25, 0.3) is 5.91 Å². The van der Waals surface area contributed by atoms with Crippen molar-refractivity contribution in [2.45, 2.75) is 13.0 Å². The molecule has 2 rings (SSSR count). The Balaban J connectivity index is 2.08. The molecule has 1 atom stereocenters. The Hall–Kier alpha value is -1.73.